The third-order valence-electron chi connectivity index (χ3n) is 2.71. The third kappa shape index (κ3) is 3.45. The van der Waals surface area contributed by atoms with E-state index in [1.54, 1.807) is 24.4 Å². The summed E-state index contributed by atoms with van der Waals surface area (Å²) in [7, 11) is 1.95. The lowest BCUT2D eigenvalue weighted by Gasteiger charge is -2.11. The Morgan fingerprint density at radius 2 is 2.32 bits per heavy atom. The minimum atomic E-state index is 0.295. The molecule has 2 N–H and O–H groups in total. The molecule has 0 fully saturated rings. The van der Waals surface area contributed by atoms with Crippen LogP contribution >= 0.6 is 23.8 Å². The summed E-state index contributed by atoms with van der Waals surface area (Å²) < 4.78 is 7.66. The van der Waals surface area contributed by atoms with Crippen LogP contribution in [0.1, 0.15) is 11.4 Å². The molecule has 1 aromatic heterocycles. The van der Waals surface area contributed by atoms with Crippen LogP contribution in [0, 0.1) is 0 Å². The fourth-order valence-corrected chi connectivity index (χ4v) is 2.04. The summed E-state index contributed by atoms with van der Waals surface area (Å²) in [5.41, 5.74) is 6.34. The lowest BCUT2D eigenvalue weighted by Crippen LogP contribution is -2.13. The number of rotatable bonds is 5. The second-order valence-electron chi connectivity index (χ2n) is 4.06. The summed E-state index contributed by atoms with van der Waals surface area (Å²) in [6.45, 7) is 0.487. The van der Waals surface area contributed by atoms with E-state index >= 15 is 0 Å². The lowest BCUT2D eigenvalue weighted by atomic mass is 10.2. The summed E-state index contributed by atoms with van der Waals surface area (Å²) in [6.07, 6.45) is 4.36. The van der Waals surface area contributed by atoms with Gasteiger partial charge in [0.1, 0.15) is 16.6 Å². The number of aromatic nitrogens is 2. The molecule has 1 heterocycles. The average Bonchev–Trinajstić information content (AvgIpc) is 2.75. The number of halogens is 1. The van der Waals surface area contributed by atoms with Gasteiger partial charge >= 0.3 is 0 Å². The SMILES string of the molecule is Cn1ccnc1CCOc1cc(Cl)ccc1C(N)=S. The van der Waals surface area contributed by atoms with E-state index in [0.29, 0.717) is 34.4 Å². The molecule has 4 nitrogen and oxygen atoms in total. The Morgan fingerprint density at radius 3 is 2.95 bits per heavy atom. The predicted molar refractivity (Wildman–Crippen MR) is 79.7 cm³/mol. The summed E-state index contributed by atoms with van der Waals surface area (Å²) >= 11 is 10.9. The Hall–Kier alpha value is -1.59. The highest BCUT2D eigenvalue weighted by Gasteiger charge is 2.08. The van der Waals surface area contributed by atoms with Crippen molar-refractivity contribution in [1.29, 1.82) is 0 Å². The van der Waals surface area contributed by atoms with Gasteiger partial charge in [0.05, 0.1) is 12.2 Å². The number of nitrogens with zero attached hydrogens (tertiary/aromatic N) is 2. The van der Waals surface area contributed by atoms with Crippen molar-refractivity contribution in [3.63, 3.8) is 0 Å². The van der Waals surface area contributed by atoms with Crippen LogP contribution in [0.4, 0.5) is 0 Å². The molecule has 0 saturated carbocycles. The van der Waals surface area contributed by atoms with Crippen LogP contribution < -0.4 is 10.5 Å². The van der Waals surface area contributed by atoms with E-state index in [4.69, 9.17) is 34.3 Å². The van der Waals surface area contributed by atoms with Crippen molar-refractivity contribution in [2.24, 2.45) is 12.8 Å². The number of benzene rings is 1. The topological polar surface area (TPSA) is 53.1 Å². The molecule has 2 rings (SSSR count). The molecule has 0 aliphatic heterocycles. The summed E-state index contributed by atoms with van der Waals surface area (Å²) in [5.74, 6) is 1.56. The Balaban J connectivity index is 2.05. The maximum Gasteiger partial charge on any atom is 0.130 e. The van der Waals surface area contributed by atoms with E-state index in [-0.39, 0.29) is 0 Å². The van der Waals surface area contributed by atoms with Crippen LogP contribution in [0.25, 0.3) is 0 Å². The maximum atomic E-state index is 5.94. The van der Waals surface area contributed by atoms with E-state index in [0.717, 1.165) is 5.82 Å². The fourth-order valence-electron chi connectivity index (χ4n) is 1.71. The number of hydrogen-bond acceptors (Lipinski definition) is 3. The number of hydrogen-bond donors (Lipinski definition) is 1. The predicted octanol–water partition coefficient (Wildman–Crippen LogP) is 2.33. The standard InChI is InChI=1S/C13H14ClN3OS/c1-17-6-5-16-12(17)4-7-18-11-8-9(14)2-3-10(11)13(15)19/h2-3,5-6,8H,4,7H2,1H3,(H2,15,19). The number of nitrogens with two attached hydrogens (primary N) is 1. The molecule has 0 amide bonds. The fraction of sp³-hybridized carbons (Fsp3) is 0.231. The molecular formula is C13H14ClN3OS. The Morgan fingerprint density at radius 1 is 1.53 bits per heavy atom. The largest absolute Gasteiger partial charge is 0.492 e. The Kier molecular flexibility index (Phi) is 4.39. The van der Waals surface area contributed by atoms with Crippen LogP contribution in [-0.4, -0.2) is 21.1 Å². The zero-order valence-corrected chi connectivity index (χ0v) is 12.0. The first-order valence-corrected chi connectivity index (χ1v) is 6.55. The van der Waals surface area contributed by atoms with E-state index < -0.39 is 0 Å². The van der Waals surface area contributed by atoms with E-state index in [1.165, 1.54) is 0 Å². The lowest BCUT2D eigenvalue weighted by molar-refractivity contribution is 0.317. The highest BCUT2D eigenvalue weighted by Crippen LogP contribution is 2.23. The first-order valence-electron chi connectivity index (χ1n) is 5.76. The van der Waals surface area contributed by atoms with Crippen LogP contribution in [0.5, 0.6) is 5.75 Å². The highest BCUT2D eigenvalue weighted by molar-refractivity contribution is 7.80. The quantitative estimate of drug-likeness (QED) is 0.860. The van der Waals surface area contributed by atoms with Crippen LogP contribution in [0.2, 0.25) is 5.02 Å². The van der Waals surface area contributed by atoms with Gasteiger partial charge in [0.15, 0.2) is 0 Å². The van der Waals surface area contributed by atoms with Gasteiger partial charge in [-0.25, -0.2) is 4.98 Å². The minimum absolute atomic E-state index is 0.295. The van der Waals surface area contributed by atoms with Crippen molar-refractivity contribution in [2.45, 2.75) is 6.42 Å². The molecule has 0 spiro atoms. The van der Waals surface area contributed by atoms with Crippen molar-refractivity contribution in [3.05, 3.63) is 47.0 Å². The van der Waals surface area contributed by atoms with Gasteiger partial charge in [0.2, 0.25) is 0 Å². The van der Waals surface area contributed by atoms with E-state index in [1.807, 2.05) is 17.8 Å². The van der Waals surface area contributed by atoms with Crippen LogP contribution in [0.3, 0.4) is 0 Å². The van der Waals surface area contributed by atoms with Crippen LogP contribution in [0.15, 0.2) is 30.6 Å². The number of ether oxygens (including phenoxy) is 1. The van der Waals surface area contributed by atoms with Gasteiger partial charge in [0.25, 0.3) is 0 Å². The highest BCUT2D eigenvalue weighted by atomic mass is 35.5. The summed E-state index contributed by atoms with van der Waals surface area (Å²) in [4.78, 5) is 4.52. The van der Waals surface area contributed by atoms with Crippen molar-refractivity contribution in [1.82, 2.24) is 9.55 Å². The third-order valence-corrected chi connectivity index (χ3v) is 3.17. The van der Waals surface area contributed by atoms with Crippen LogP contribution in [-0.2, 0) is 13.5 Å². The van der Waals surface area contributed by atoms with E-state index in [2.05, 4.69) is 4.98 Å². The van der Waals surface area contributed by atoms with Crippen molar-refractivity contribution >= 4 is 28.8 Å². The van der Waals surface area contributed by atoms with E-state index in [9.17, 15) is 0 Å². The average molecular weight is 296 g/mol. The zero-order chi connectivity index (χ0) is 13.8. The first-order chi connectivity index (χ1) is 9.08. The number of aryl methyl sites for hydroxylation is 1. The van der Waals surface area contributed by atoms with Gasteiger partial charge in [-0.2, -0.15) is 0 Å². The monoisotopic (exact) mass is 295 g/mol. The van der Waals surface area contributed by atoms with Crippen molar-refractivity contribution < 1.29 is 4.74 Å². The maximum absolute atomic E-state index is 5.94. The zero-order valence-electron chi connectivity index (χ0n) is 10.5. The summed E-state index contributed by atoms with van der Waals surface area (Å²) in [6, 6.07) is 5.22. The molecule has 0 unspecified atom stereocenters. The number of imidazole rings is 1. The molecule has 0 saturated heterocycles. The van der Waals surface area contributed by atoms with Gasteiger partial charge in [-0.3, -0.25) is 0 Å². The molecule has 0 radical (unpaired) electrons. The molecule has 0 atom stereocenters. The normalized spacial score (nSPS) is 10.4. The van der Waals surface area contributed by atoms with Crippen molar-refractivity contribution in [2.75, 3.05) is 6.61 Å². The second-order valence-corrected chi connectivity index (χ2v) is 4.93. The second kappa shape index (κ2) is 6.04. The molecular weight excluding hydrogens is 282 g/mol. The molecule has 100 valence electrons. The van der Waals surface area contributed by atoms with Gasteiger partial charge in [-0.15, -0.1) is 0 Å². The molecule has 0 aliphatic rings. The Labute approximate surface area is 122 Å². The van der Waals surface area contributed by atoms with Crippen molar-refractivity contribution in [3.8, 4) is 5.75 Å². The molecule has 6 heteroatoms. The molecule has 1 aromatic carbocycles. The number of thiocarbonyl (C=S) groups is 1. The minimum Gasteiger partial charge on any atom is -0.492 e. The first kappa shape index (κ1) is 13.8. The van der Waals surface area contributed by atoms with Gasteiger partial charge in [-0.05, 0) is 18.2 Å². The molecule has 0 aliphatic carbocycles. The summed E-state index contributed by atoms with van der Waals surface area (Å²) in [5, 5.41) is 0.590. The Bertz CT molecular complexity index is 597. The van der Waals surface area contributed by atoms with Gasteiger partial charge < -0.3 is 15.0 Å². The molecule has 2 aromatic rings. The van der Waals surface area contributed by atoms with Gasteiger partial charge in [-0.1, -0.05) is 23.8 Å². The smallest absolute Gasteiger partial charge is 0.130 e. The molecule has 0 bridgehead atoms. The van der Waals surface area contributed by atoms with Gasteiger partial charge in [0, 0.05) is 30.9 Å². The molecule has 19 heavy (non-hydrogen) atoms.